The van der Waals surface area contributed by atoms with E-state index in [1.165, 1.54) is 5.56 Å². The molecule has 2 heterocycles. The zero-order valence-corrected chi connectivity index (χ0v) is 10.1. The van der Waals surface area contributed by atoms with Crippen LogP contribution in [0.5, 0.6) is 0 Å². The molecule has 3 aromatic rings. The summed E-state index contributed by atoms with van der Waals surface area (Å²) in [5.74, 6) is 1.04. The Morgan fingerprint density at radius 2 is 1.83 bits per heavy atom. The third-order valence-electron chi connectivity index (χ3n) is 3.12. The van der Waals surface area contributed by atoms with Gasteiger partial charge in [-0.2, -0.15) is 0 Å². The Kier molecular flexibility index (Phi) is 2.82. The molecule has 0 aliphatic heterocycles. The van der Waals surface area contributed by atoms with Gasteiger partial charge in [-0.1, -0.05) is 36.4 Å². The fraction of sp³-hybridized carbons (Fsp3) is 0.133. The largest absolute Gasteiger partial charge is 0.325 e. The van der Waals surface area contributed by atoms with Crippen LogP contribution in [0.2, 0.25) is 0 Å². The van der Waals surface area contributed by atoms with Gasteiger partial charge in [0.2, 0.25) is 0 Å². The van der Waals surface area contributed by atoms with Crippen molar-refractivity contribution in [2.75, 3.05) is 0 Å². The van der Waals surface area contributed by atoms with Crippen molar-refractivity contribution in [3.63, 3.8) is 0 Å². The van der Waals surface area contributed by atoms with Crippen molar-refractivity contribution in [3.05, 3.63) is 71.8 Å². The number of benzene rings is 1. The van der Waals surface area contributed by atoms with Gasteiger partial charge in [-0.3, -0.25) is 4.40 Å². The summed E-state index contributed by atoms with van der Waals surface area (Å²) in [4.78, 5) is 4.51. The summed E-state index contributed by atoms with van der Waals surface area (Å²) < 4.78 is 2.15. The average molecular weight is 237 g/mol. The van der Waals surface area contributed by atoms with Crippen LogP contribution in [-0.4, -0.2) is 9.38 Å². The quantitative estimate of drug-likeness (QED) is 0.760. The molecule has 0 bridgehead atoms. The molecular weight excluding hydrogens is 222 g/mol. The zero-order valence-electron chi connectivity index (χ0n) is 10.1. The van der Waals surface area contributed by atoms with Crippen LogP contribution >= 0.6 is 0 Å². The van der Waals surface area contributed by atoms with Crippen LogP contribution < -0.4 is 5.73 Å². The van der Waals surface area contributed by atoms with Crippen molar-refractivity contribution in [1.29, 1.82) is 0 Å². The highest BCUT2D eigenvalue weighted by molar-refractivity contribution is 5.48. The van der Waals surface area contributed by atoms with Gasteiger partial charge in [-0.05, 0) is 17.7 Å². The molecule has 1 aromatic carbocycles. The first-order chi connectivity index (χ1) is 8.88. The fourth-order valence-corrected chi connectivity index (χ4v) is 2.25. The summed E-state index contributed by atoms with van der Waals surface area (Å²) in [7, 11) is 0. The summed E-state index contributed by atoms with van der Waals surface area (Å²) in [5, 5.41) is 0. The van der Waals surface area contributed by atoms with E-state index in [0.717, 1.165) is 23.5 Å². The first-order valence-electron chi connectivity index (χ1n) is 6.06. The van der Waals surface area contributed by atoms with E-state index < -0.39 is 0 Å². The second-order valence-corrected chi connectivity index (χ2v) is 4.32. The van der Waals surface area contributed by atoms with Crippen LogP contribution in [0, 0.1) is 0 Å². The molecule has 2 N–H and O–H groups in total. The molecule has 3 rings (SSSR count). The summed E-state index contributed by atoms with van der Waals surface area (Å²) >= 11 is 0. The number of hydrogen-bond acceptors (Lipinski definition) is 2. The third kappa shape index (κ3) is 1.89. The van der Waals surface area contributed by atoms with Crippen LogP contribution in [0.4, 0.5) is 0 Å². The number of fused-ring (bicyclic) bond motifs is 1. The summed E-state index contributed by atoms with van der Waals surface area (Å²) in [5.41, 5.74) is 9.24. The number of pyridine rings is 1. The Morgan fingerprint density at radius 3 is 2.61 bits per heavy atom. The number of hydrogen-bond donors (Lipinski definition) is 1. The number of aromatic nitrogens is 2. The van der Waals surface area contributed by atoms with Crippen molar-refractivity contribution in [2.24, 2.45) is 5.73 Å². The molecule has 0 saturated carbocycles. The molecule has 0 radical (unpaired) electrons. The molecule has 0 saturated heterocycles. The predicted octanol–water partition coefficient (Wildman–Crippen LogP) is 2.38. The topological polar surface area (TPSA) is 43.3 Å². The molecule has 0 spiro atoms. The maximum absolute atomic E-state index is 5.79. The molecule has 0 atom stereocenters. The average Bonchev–Trinajstić information content (AvgIpc) is 2.83. The smallest absolute Gasteiger partial charge is 0.117 e. The molecule has 18 heavy (non-hydrogen) atoms. The van der Waals surface area contributed by atoms with E-state index >= 15 is 0 Å². The van der Waals surface area contributed by atoms with E-state index in [9.17, 15) is 0 Å². The van der Waals surface area contributed by atoms with E-state index in [1.807, 2.05) is 24.4 Å². The van der Waals surface area contributed by atoms with E-state index in [-0.39, 0.29) is 0 Å². The standard InChI is InChI=1S/C15H15N3/c16-10-13-7-4-8-14-11-17-15(18(13)14)9-12-5-2-1-3-6-12/h1-8,11H,9-10,16H2. The Morgan fingerprint density at radius 1 is 1.00 bits per heavy atom. The van der Waals surface area contributed by atoms with Crippen LogP contribution in [0.1, 0.15) is 17.1 Å². The molecule has 90 valence electrons. The van der Waals surface area contributed by atoms with Crippen molar-refractivity contribution < 1.29 is 0 Å². The van der Waals surface area contributed by atoms with Gasteiger partial charge < -0.3 is 5.73 Å². The third-order valence-corrected chi connectivity index (χ3v) is 3.12. The highest BCUT2D eigenvalue weighted by atomic mass is 15.0. The van der Waals surface area contributed by atoms with Crippen molar-refractivity contribution in [2.45, 2.75) is 13.0 Å². The van der Waals surface area contributed by atoms with Crippen LogP contribution in [0.15, 0.2) is 54.7 Å². The van der Waals surface area contributed by atoms with Gasteiger partial charge in [0.15, 0.2) is 0 Å². The minimum absolute atomic E-state index is 0.523. The minimum atomic E-state index is 0.523. The van der Waals surface area contributed by atoms with Crippen LogP contribution in [0.25, 0.3) is 5.52 Å². The normalized spacial score (nSPS) is 10.9. The van der Waals surface area contributed by atoms with E-state index in [4.69, 9.17) is 5.73 Å². The Balaban J connectivity index is 2.07. The van der Waals surface area contributed by atoms with Gasteiger partial charge in [0.1, 0.15) is 5.82 Å². The van der Waals surface area contributed by atoms with Gasteiger partial charge in [-0.25, -0.2) is 4.98 Å². The lowest BCUT2D eigenvalue weighted by atomic mass is 10.1. The Bertz CT molecular complexity index is 656. The summed E-state index contributed by atoms with van der Waals surface area (Å²) in [6, 6.07) is 16.5. The molecular formula is C15H15N3. The van der Waals surface area contributed by atoms with Crippen molar-refractivity contribution >= 4 is 5.52 Å². The maximum Gasteiger partial charge on any atom is 0.117 e. The molecule has 0 unspecified atom stereocenters. The zero-order chi connectivity index (χ0) is 12.4. The monoisotopic (exact) mass is 237 g/mol. The Hall–Kier alpha value is -2.13. The summed E-state index contributed by atoms with van der Waals surface area (Å²) in [6.45, 7) is 0.523. The second kappa shape index (κ2) is 4.63. The second-order valence-electron chi connectivity index (χ2n) is 4.32. The molecule has 0 aliphatic carbocycles. The highest BCUT2D eigenvalue weighted by Crippen LogP contribution is 2.14. The fourth-order valence-electron chi connectivity index (χ4n) is 2.25. The van der Waals surface area contributed by atoms with Crippen LogP contribution in [0.3, 0.4) is 0 Å². The van der Waals surface area contributed by atoms with Gasteiger partial charge in [0, 0.05) is 18.7 Å². The summed E-state index contributed by atoms with van der Waals surface area (Å²) in [6.07, 6.45) is 2.73. The van der Waals surface area contributed by atoms with Gasteiger partial charge in [0.25, 0.3) is 0 Å². The minimum Gasteiger partial charge on any atom is -0.325 e. The molecule has 0 amide bonds. The number of nitrogens with two attached hydrogens (primary N) is 1. The lowest BCUT2D eigenvalue weighted by Crippen LogP contribution is -2.06. The Labute approximate surface area is 106 Å². The predicted molar refractivity (Wildman–Crippen MR) is 72.3 cm³/mol. The first kappa shape index (κ1) is 11.0. The van der Waals surface area contributed by atoms with Crippen molar-refractivity contribution in [1.82, 2.24) is 9.38 Å². The van der Waals surface area contributed by atoms with Gasteiger partial charge in [-0.15, -0.1) is 0 Å². The molecule has 3 heteroatoms. The van der Waals surface area contributed by atoms with Gasteiger partial charge in [0.05, 0.1) is 11.7 Å². The van der Waals surface area contributed by atoms with E-state index in [0.29, 0.717) is 6.54 Å². The highest BCUT2D eigenvalue weighted by Gasteiger charge is 2.07. The van der Waals surface area contributed by atoms with E-state index in [2.05, 4.69) is 39.7 Å². The lowest BCUT2D eigenvalue weighted by Gasteiger charge is -2.07. The number of imidazole rings is 1. The van der Waals surface area contributed by atoms with Gasteiger partial charge >= 0.3 is 0 Å². The molecule has 2 aromatic heterocycles. The van der Waals surface area contributed by atoms with Crippen LogP contribution in [-0.2, 0) is 13.0 Å². The SMILES string of the molecule is NCc1cccc2cnc(Cc3ccccc3)n12. The van der Waals surface area contributed by atoms with Crippen molar-refractivity contribution in [3.8, 4) is 0 Å². The molecule has 3 nitrogen and oxygen atoms in total. The maximum atomic E-state index is 5.79. The molecule has 0 aliphatic rings. The first-order valence-corrected chi connectivity index (χ1v) is 6.06. The van der Waals surface area contributed by atoms with E-state index in [1.54, 1.807) is 0 Å². The number of rotatable bonds is 3. The lowest BCUT2D eigenvalue weighted by molar-refractivity contribution is 0.877. The molecule has 0 fully saturated rings. The number of nitrogens with zero attached hydrogens (tertiary/aromatic N) is 2.